The summed E-state index contributed by atoms with van der Waals surface area (Å²) in [5.74, 6) is 1.30. The van der Waals surface area contributed by atoms with E-state index in [9.17, 15) is 9.59 Å². The van der Waals surface area contributed by atoms with Crippen molar-refractivity contribution in [1.82, 2.24) is 4.90 Å². The number of carboxylic acid groups (broad SMARTS) is 1. The van der Waals surface area contributed by atoms with E-state index < -0.39 is 11.3 Å². The molecule has 1 saturated carbocycles. The molecule has 0 saturated heterocycles. The predicted octanol–water partition coefficient (Wildman–Crippen LogP) is 3.90. The fourth-order valence-corrected chi connectivity index (χ4v) is 4.48. The number of nitrogens with zero attached hydrogens (tertiary/aromatic N) is 1. The van der Waals surface area contributed by atoms with Crippen LogP contribution in [0.1, 0.15) is 54.4 Å². The maximum absolute atomic E-state index is 13.8. The maximum Gasteiger partial charge on any atom is 0.303 e. The Hall–Kier alpha value is -3.41. The van der Waals surface area contributed by atoms with Crippen LogP contribution < -0.4 is 4.74 Å². The summed E-state index contributed by atoms with van der Waals surface area (Å²) < 4.78 is 11.6. The van der Waals surface area contributed by atoms with Crippen molar-refractivity contribution in [1.29, 1.82) is 0 Å². The number of ether oxygens (including phenoxy) is 1. The molecule has 1 amide bonds. The molecule has 0 atom stereocenters. The molecule has 1 aliphatic carbocycles. The summed E-state index contributed by atoms with van der Waals surface area (Å²) in [6.07, 6.45) is 6.35. The molecular formula is C28H33B2NO5. The third kappa shape index (κ3) is 6.42. The van der Waals surface area contributed by atoms with E-state index in [1.807, 2.05) is 65.6 Å². The van der Waals surface area contributed by atoms with Crippen molar-refractivity contribution in [3.05, 3.63) is 78.1 Å². The predicted molar refractivity (Wildman–Crippen MR) is 145 cm³/mol. The molecule has 1 fully saturated rings. The summed E-state index contributed by atoms with van der Waals surface area (Å²) >= 11 is 0. The smallest absolute Gasteiger partial charge is 0.303 e. The first-order chi connectivity index (χ1) is 17.4. The zero-order valence-electron chi connectivity index (χ0n) is 21.1. The second kappa shape index (κ2) is 11.5. The summed E-state index contributed by atoms with van der Waals surface area (Å²) in [7, 11) is 4.17. The van der Waals surface area contributed by atoms with Crippen LogP contribution >= 0.6 is 0 Å². The summed E-state index contributed by atoms with van der Waals surface area (Å²) in [6, 6.07) is 19.3. The van der Waals surface area contributed by atoms with E-state index in [1.54, 1.807) is 6.26 Å². The Bertz CT molecular complexity index is 1160. The van der Waals surface area contributed by atoms with Gasteiger partial charge in [0, 0.05) is 35.0 Å². The van der Waals surface area contributed by atoms with Gasteiger partial charge in [0.25, 0.3) is 5.91 Å². The van der Waals surface area contributed by atoms with Gasteiger partial charge in [-0.2, -0.15) is 0 Å². The molecule has 0 unspecified atom stereocenters. The largest absolute Gasteiger partial charge is 0.493 e. The average Bonchev–Trinajstić information content (AvgIpc) is 3.53. The van der Waals surface area contributed by atoms with Crippen LogP contribution in [0.5, 0.6) is 5.75 Å². The summed E-state index contributed by atoms with van der Waals surface area (Å²) in [4.78, 5) is 26.5. The first kappa shape index (κ1) is 25.7. The minimum Gasteiger partial charge on any atom is -0.493 e. The van der Waals surface area contributed by atoms with E-state index in [4.69, 9.17) is 14.3 Å². The lowest BCUT2D eigenvalue weighted by molar-refractivity contribution is -0.137. The Balaban J connectivity index is 1.51. The zero-order valence-corrected chi connectivity index (χ0v) is 21.1. The molecule has 1 N–H and O–H groups in total. The van der Waals surface area contributed by atoms with Gasteiger partial charge in [-0.1, -0.05) is 30.3 Å². The first-order valence-electron chi connectivity index (χ1n) is 12.8. The fourth-order valence-electron chi connectivity index (χ4n) is 4.48. The van der Waals surface area contributed by atoms with Crippen LogP contribution in [0, 0.1) is 5.92 Å². The molecule has 2 aromatic carbocycles. The molecule has 1 heterocycles. The van der Waals surface area contributed by atoms with E-state index >= 15 is 0 Å². The second-order valence-electron chi connectivity index (χ2n) is 10.0. The van der Waals surface area contributed by atoms with Crippen molar-refractivity contribution in [2.75, 3.05) is 13.2 Å². The molecule has 1 aliphatic rings. The Labute approximate surface area is 214 Å². The van der Waals surface area contributed by atoms with Crippen LogP contribution in [0.15, 0.2) is 71.3 Å². The number of furan rings is 1. The SMILES string of the molecule is BC(B)(c1ccccc1OCCCCCC(=O)O)N(CC1CC1)C(=O)c1ccc(-c2ccco2)cc1. The molecule has 3 aromatic rings. The van der Waals surface area contributed by atoms with Crippen molar-refractivity contribution < 1.29 is 23.8 Å². The van der Waals surface area contributed by atoms with Crippen LogP contribution in [-0.2, 0) is 10.1 Å². The molecule has 4 rings (SSSR count). The Morgan fingerprint density at radius 2 is 1.75 bits per heavy atom. The number of benzene rings is 2. The lowest BCUT2D eigenvalue weighted by Gasteiger charge is -2.41. The number of hydrogen-bond acceptors (Lipinski definition) is 4. The van der Waals surface area contributed by atoms with Gasteiger partial charge in [0.05, 0.1) is 12.9 Å². The van der Waals surface area contributed by atoms with Gasteiger partial charge in [0.2, 0.25) is 0 Å². The van der Waals surface area contributed by atoms with Crippen LogP contribution in [0.2, 0.25) is 0 Å². The van der Waals surface area contributed by atoms with E-state index in [-0.39, 0.29) is 12.3 Å². The van der Waals surface area contributed by atoms with Crippen LogP contribution in [0.4, 0.5) is 0 Å². The minimum absolute atomic E-state index is 0.00127. The molecule has 0 spiro atoms. The van der Waals surface area contributed by atoms with E-state index in [0.29, 0.717) is 31.1 Å². The first-order valence-corrected chi connectivity index (χ1v) is 12.8. The molecule has 36 heavy (non-hydrogen) atoms. The topological polar surface area (TPSA) is 80.0 Å². The van der Waals surface area contributed by atoms with Crippen molar-refractivity contribution in [3.8, 4) is 17.1 Å². The molecular weight excluding hydrogens is 452 g/mol. The standard InChI is InChI=1S/C28H33B2NO5/c29-28(30,23-7-3-4-8-25(23)36-17-5-1-2-10-26(32)33)31(19-20-11-12-20)27(34)22-15-13-21(14-16-22)24-9-6-18-35-24/h3-4,6-9,13-16,18,20H,1-2,5,10-12,17,19,29-30H2,(H,32,33). The van der Waals surface area contributed by atoms with E-state index in [2.05, 4.69) is 15.7 Å². The molecule has 0 bridgehead atoms. The number of para-hydroxylation sites is 1. The van der Waals surface area contributed by atoms with Gasteiger partial charge in [-0.05, 0) is 68.4 Å². The summed E-state index contributed by atoms with van der Waals surface area (Å²) in [5.41, 5.74) is 2.55. The fraction of sp³-hybridized carbons (Fsp3) is 0.357. The number of carbonyl (C=O) groups excluding carboxylic acids is 1. The van der Waals surface area contributed by atoms with Gasteiger partial charge in [-0.15, -0.1) is 0 Å². The number of unbranched alkanes of at least 4 members (excludes halogenated alkanes) is 2. The Morgan fingerprint density at radius 1 is 1.00 bits per heavy atom. The van der Waals surface area contributed by atoms with Gasteiger partial charge < -0.3 is 19.2 Å². The van der Waals surface area contributed by atoms with Gasteiger partial charge >= 0.3 is 5.97 Å². The Kier molecular flexibility index (Phi) is 8.24. The lowest BCUT2D eigenvalue weighted by atomic mass is 9.56. The third-order valence-electron chi connectivity index (χ3n) is 6.83. The van der Waals surface area contributed by atoms with E-state index in [0.717, 1.165) is 48.3 Å². The minimum atomic E-state index is -0.765. The van der Waals surface area contributed by atoms with Crippen LogP contribution in [-0.4, -0.2) is 50.7 Å². The highest BCUT2D eigenvalue weighted by Crippen LogP contribution is 2.37. The lowest BCUT2D eigenvalue weighted by Crippen LogP contribution is -2.51. The van der Waals surface area contributed by atoms with Crippen LogP contribution in [0.3, 0.4) is 0 Å². The van der Waals surface area contributed by atoms with Crippen molar-refractivity contribution in [3.63, 3.8) is 0 Å². The zero-order chi connectivity index (χ0) is 25.5. The van der Waals surface area contributed by atoms with Gasteiger partial charge in [-0.25, -0.2) is 0 Å². The number of rotatable bonds is 13. The molecule has 1 aromatic heterocycles. The molecule has 6 nitrogen and oxygen atoms in total. The van der Waals surface area contributed by atoms with Gasteiger partial charge in [-0.3, -0.25) is 9.59 Å². The number of carboxylic acids is 1. The highest BCUT2D eigenvalue weighted by molar-refractivity contribution is 6.41. The van der Waals surface area contributed by atoms with Gasteiger partial charge in [0.1, 0.15) is 27.2 Å². The normalized spacial score (nSPS) is 13.3. The van der Waals surface area contributed by atoms with E-state index in [1.165, 1.54) is 0 Å². The van der Waals surface area contributed by atoms with Crippen molar-refractivity contribution in [2.24, 2.45) is 5.92 Å². The Morgan fingerprint density at radius 3 is 2.42 bits per heavy atom. The van der Waals surface area contributed by atoms with Crippen molar-refractivity contribution >= 4 is 27.6 Å². The van der Waals surface area contributed by atoms with Gasteiger partial charge in [0.15, 0.2) is 0 Å². The molecule has 0 radical (unpaired) electrons. The number of hydrogen-bond donors (Lipinski definition) is 1. The maximum atomic E-state index is 13.8. The second-order valence-corrected chi connectivity index (χ2v) is 10.0. The number of amides is 1. The molecule has 0 aliphatic heterocycles. The molecule has 8 heteroatoms. The van der Waals surface area contributed by atoms with Crippen LogP contribution in [0.25, 0.3) is 11.3 Å². The number of aliphatic carboxylic acids is 1. The summed E-state index contributed by atoms with van der Waals surface area (Å²) in [6.45, 7) is 1.22. The quantitative estimate of drug-likeness (QED) is 0.294. The van der Waals surface area contributed by atoms with Crippen molar-refractivity contribution in [2.45, 2.75) is 43.9 Å². The molecule has 186 valence electrons. The summed E-state index contributed by atoms with van der Waals surface area (Å²) in [5, 5.41) is 8.22. The average molecular weight is 485 g/mol. The monoisotopic (exact) mass is 485 g/mol. The third-order valence-corrected chi connectivity index (χ3v) is 6.83. The number of carbonyl (C=O) groups is 2. The highest BCUT2D eigenvalue weighted by Gasteiger charge is 2.38. The highest BCUT2D eigenvalue weighted by atomic mass is 16.5.